The number of benzene rings is 3. The summed E-state index contributed by atoms with van der Waals surface area (Å²) in [6.45, 7) is 9.20. The van der Waals surface area contributed by atoms with Gasteiger partial charge in [-0.05, 0) is 77.7 Å². The van der Waals surface area contributed by atoms with Crippen LogP contribution in [0, 0.1) is 13.8 Å². The van der Waals surface area contributed by atoms with Crippen molar-refractivity contribution >= 4 is 34.1 Å². The van der Waals surface area contributed by atoms with Gasteiger partial charge in [-0.25, -0.2) is 9.78 Å². The highest BCUT2D eigenvalue weighted by molar-refractivity contribution is 6.10. The van der Waals surface area contributed by atoms with Crippen molar-refractivity contribution in [3.05, 3.63) is 98.8 Å². The van der Waals surface area contributed by atoms with Crippen LogP contribution in [0.3, 0.4) is 0 Å². The molecule has 0 aliphatic carbocycles. The number of pyridine rings is 2. The number of rotatable bonds is 8. The summed E-state index contributed by atoms with van der Waals surface area (Å²) in [7, 11) is 1.86. The van der Waals surface area contributed by atoms with Crippen LogP contribution in [0.2, 0.25) is 0 Å². The van der Waals surface area contributed by atoms with Crippen LogP contribution in [0.15, 0.2) is 65.5 Å². The second-order valence-corrected chi connectivity index (χ2v) is 10.5. The number of nitrogens with one attached hydrogen (secondary N) is 1. The Labute approximate surface area is 267 Å². The van der Waals surface area contributed by atoms with Gasteiger partial charge in [-0.2, -0.15) is 0 Å². The number of carbonyl (C=O) groups is 2. The van der Waals surface area contributed by atoms with E-state index < -0.39 is 6.16 Å². The lowest BCUT2D eigenvalue weighted by Gasteiger charge is -2.13. The molecular weight excluding hydrogens is 584 g/mol. The zero-order chi connectivity index (χ0) is 33.4. The molecule has 4 N–H and O–H groups in total. The largest absolute Gasteiger partial charge is 0.506 e. The minimum atomic E-state index is -1.41. The highest BCUT2D eigenvalue weighted by Crippen LogP contribution is 2.39. The molecule has 6 rings (SSSR count). The molecule has 1 aliphatic heterocycles. The molecule has 3 heterocycles. The number of carboxylic acid groups (broad SMARTS) is 1. The predicted molar refractivity (Wildman–Crippen MR) is 181 cm³/mol. The Bertz CT molecular complexity index is 1930. The molecule has 0 fully saturated rings. The van der Waals surface area contributed by atoms with E-state index in [-0.39, 0.29) is 18.7 Å². The Balaban J connectivity index is 0.000000744. The number of aromatic nitrogens is 2. The van der Waals surface area contributed by atoms with Gasteiger partial charge >= 0.3 is 6.16 Å². The molecule has 1 aliphatic rings. The fraction of sp³-hybridized carbons (Fsp3) is 0.278. The first-order valence-corrected chi connectivity index (χ1v) is 15.2. The standard InChI is InChI=1S/C32H29N3O5.C2H5NO.C2H6/c1-18-12-28-30-25(14-35(28)31(36)26(18)16-40-32(37)38)19(2)29-24-13-23(9-8-22(24)10-11-27(29)34-30)21-6-4-20(5-7-21)15-39-17-33-3;3-1-2-4;1-2/h4-13,33H,14-17H2,1-3H3,(H,37,38);2H,1,3H2;1-2H3. The maximum Gasteiger partial charge on any atom is 0.506 e. The van der Waals surface area contributed by atoms with Crippen LogP contribution in [0.25, 0.3) is 44.2 Å². The first-order chi connectivity index (χ1) is 22.3. The molecule has 0 saturated heterocycles. The molecule has 0 amide bonds. The fourth-order valence-electron chi connectivity index (χ4n) is 5.59. The van der Waals surface area contributed by atoms with Crippen LogP contribution in [-0.2, 0) is 34.0 Å². The third-order valence-corrected chi connectivity index (χ3v) is 7.77. The van der Waals surface area contributed by atoms with E-state index in [1.807, 2.05) is 33.0 Å². The van der Waals surface area contributed by atoms with Crippen molar-refractivity contribution in [1.29, 1.82) is 0 Å². The molecule has 0 bridgehead atoms. The topological polar surface area (TPSA) is 146 Å². The van der Waals surface area contributed by atoms with Crippen LogP contribution >= 0.6 is 0 Å². The Hall–Kier alpha value is -4.90. The van der Waals surface area contributed by atoms with Gasteiger partial charge in [0.1, 0.15) is 12.9 Å². The van der Waals surface area contributed by atoms with Gasteiger partial charge in [0.15, 0.2) is 0 Å². The van der Waals surface area contributed by atoms with Crippen molar-refractivity contribution in [2.75, 3.05) is 20.3 Å². The van der Waals surface area contributed by atoms with E-state index in [1.54, 1.807) is 11.5 Å². The summed E-state index contributed by atoms with van der Waals surface area (Å²) in [5.74, 6) is 0. The first kappa shape index (κ1) is 34.0. The lowest BCUT2D eigenvalue weighted by atomic mass is 9.94. The number of ether oxygens (including phenoxy) is 2. The molecule has 10 heteroatoms. The molecular formula is C36H40N4O6. The number of aldehydes is 1. The van der Waals surface area contributed by atoms with Crippen molar-refractivity contribution in [3.63, 3.8) is 0 Å². The van der Waals surface area contributed by atoms with Gasteiger partial charge in [-0.15, -0.1) is 0 Å². The van der Waals surface area contributed by atoms with Crippen LogP contribution < -0.4 is 16.6 Å². The summed E-state index contributed by atoms with van der Waals surface area (Å²) in [5, 5.41) is 15.2. The molecule has 10 nitrogen and oxygen atoms in total. The minimum Gasteiger partial charge on any atom is -0.450 e. The average molecular weight is 625 g/mol. The zero-order valence-electron chi connectivity index (χ0n) is 26.8. The van der Waals surface area contributed by atoms with Gasteiger partial charge < -0.3 is 29.7 Å². The molecule has 3 aromatic carbocycles. The number of aryl methyl sites for hydroxylation is 2. The molecule has 240 valence electrons. The molecule has 0 unspecified atom stereocenters. The maximum atomic E-state index is 13.3. The molecule has 0 atom stereocenters. The number of hydrogen-bond donors (Lipinski definition) is 3. The number of nitrogens with two attached hydrogens (primary N) is 1. The summed E-state index contributed by atoms with van der Waals surface area (Å²) in [6.07, 6.45) is -0.753. The van der Waals surface area contributed by atoms with Crippen LogP contribution in [0.4, 0.5) is 4.79 Å². The highest BCUT2D eigenvalue weighted by atomic mass is 16.7. The lowest BCUT2D eigenvalue weighted by molar-refractivity contribution is -0.106. The van der Waals surface area contributed by atoms with Crippen molar-refractivity contribution in [2.24, 2.45) is 5.73 Å². The van der Waals surface area contributed by atoms with E-state index in [4.69, 9.17) is 24.4 Å². The monoisotopic (exact) mass is 624 g/mol. The molecule has 2 aromatic heterocycles. The summed E-state index contributed by atoms with van der Waals surface area (Å²) in [5.41, 5.74) is 13.3. The van der Waals surface area contributed by atoms with Crippen molar-refractivity contribution in [1.82, 2.24) is 14.9 Å². The van der Waals surface area contributed by atoms with Crippen LogP contribution in [0.5, 0.6) is 0 Å². The minimum absolute atomic E-state index is 0.139. The van der Waals surface area contributed by atoms with E-state index in [9.17, 15) is 9.59 Å². The van der Waals surface area contributed by atoms with E-state index >= 15 is 0 Å². The summed E-state index contributed by atoms with van der Waals surface area (Å²) in [4.78, 5) is 38.3. The third-order valence-electron chi connectivity index (χ3n) is 7.77. The number of carbonyl (C=O) groups excluding carboxylic acids is 1. The van der Waals surface area contributed by atoms with E-state index in [0.29, 0.717) is 37.3 Å². The number of fused-ring (bicyclic) bond motifs is 6. The van der Waals surface area contributed by atoms with Crippen molar-refractivity contribution in [3.8, 4) is 22.5 Å². The Morgan fingerprint density at radius 2 is 1.72 bits per heavy atom. The number of nitrogens with zero attached hydrogens (tertiary/aromatic N) is 2. The Kier molecular flexibility index (Phi) is 11.4. The highest BCUT2D eigenvalue weighted by Gasteiger charge is 2.27. The molecule has 5 aromatic rings. The second kappa shape index (κ2) is 15.4. The third kappa shape index (κ3) is 6.99. The van der Waals surface area contributed by atoms with Crippen LogP contribution in [0.1, 0.15) is 41.7 Å². The van der Waals surface area contributed by atoms with E-state index in [2.05, 4.69) is 66.5 Å². The van der Waals surface area contributed by atoms with Gasteiger partial charge in [0.05, 0.1) is 42.4 Å². The van der Waals surface area contributed by atoms with Crippen molar-refractivity contribution in [2.45, 2.75) is 47.5 Å². The smallest absolute Gasteiger partial charge is 0.450 e. The van der Waals surface area contributed by atoms with Crippen LogP contribution in [-0.4, -0.2) is 47.4 Å². The summed E-state index contributed by atoms with van der Waals surface area (Å²) in [6, 6.07) is 20.9. The SMILES string of the molecule is CC.CNCOCc1ccc(-c2ccc3ccc4nc5c(c(C)c4c3c2)Cn2c-5cc(C)c(COC(=O)O)c2=O)cc1.NCC=O. The number of hydrogen-bond acceptors (Lipinski definition) is 8. The molecule has 0 spiro atoms. The Morgan fingerprint density at radius 1 is 1.04 bits per heavy atom. The molecule has 46 heavy (non-hydrogen) atoms. The van der Waals surface area contributed by atoms with Gasteiger partial charge in [0.25, 0.3) is 5.56 Å². The fourth-order valence-corrected chi connectivity index (χ4v) is 5.59. The van der Waals surface area contributed by atoms with E-state index in [1.165, 1.54) is 0 Å². The first-order valence-electron chi connectivity index (χ1n) is 15.2. The van der Waals surface area contributed by atoms with E-state index in [0.717, 1.165) is 60.9 Å². The predicted octanol–water partition coefficient (Wildman–Crippen LogP) is 5.92. The lowest BCUT2D eigenvalue weighted by Crippen LogP contribution is -2.25. The Morgan fingerprint density at radius 3 is 2.37 bits per heavy atom. The van der Waals surface area contributed by atoms with Gasteiger partial charge in [0.2, 0.25) is 0 Å². The maximum absolute atomic E-state index is 13.3. The van der Waals surface area contributed by atoms with Gasteiger partial charge in [-0.1, -0.05) is 56.3 Å². The quantitative estimate of drug-likeness (QED) is 0.0617. The summed E-state index contributed by atoms with van der Waals surface area (Å²) < 4.78 is 12.0. The van der Waals surface area contributed by atoms with Gasteiger partial charge in [0, 0.05) is 17.5 Å². The summed E-state index contributed by atoms with van der Waals surface area (Å²) >= 11 is 0. The average Bonchev–Trinajstić information content (AvgIpc) is 3.44. The van der Waals surface area contributed by atoms with Crippen molar-refractivity contribution < 1.29 is 24.2 Å². The second-order valence-electron chi connectivity index (χ2n) is 10.5. The molecule has 0 saturated carbocycles. The zero-order valence-corrected chi connectivity index (χ0v) is 26.8. The molecule has 0 radical (unpaired) electrons. The normalized spacial score (nSPS) is 11.2. The van der Waals surface area contributed by atoms with Gasteiger partial charge in [-0.3, -0.25) is 10.1 Å².